The number of carbonyl (C=O) groups is 3. The molecule has 1 saturated heterocycles. The van der Waals surface area contributed by atoms with E-state index in [1.54, 1.807) is 23.1 Å². The molecule has 0 aromatic heterocycles. The summed E-state index contributed by atoms with van der Waals surface area (Å²) in [5.41, 5.74) is 2.80. The predicted octanol–water partition coefficient (Wildman–Crippen LogP) is 1.08. The first kappa shape index (κ1) is 25.1. The second-order valence-corrected chi connectivity index (χ2v) is 7.51. The van der Waals surface area contributed by atoms with E-state index in [0.29, 0.717) is 36.6 Å². The van der Waals surface area contributed by atoms with E-state index in [0.717, 1.165) is 25.9 Å². The monoisotopic (exact) mass is 448 g/mol. The van der Waals surface area contributed by atoms with Gasteiger partial charge < -0.3 is 24.4 Å². The van der Waals surface area contributed by atoms with Gasteiger partial charge in [0.15, 0.2) is 18.1 Å². The molecule has 2 N–H and O–H groups in total. The van der Waals surface area contributed by atoms with Crippen LogP contribution in [0.2, 0.25) is 0 Å². The number of methoxy groups -OCH3 is 1. The highest BCUT2D eigenvalue weighted by atomic mass is 16.5. The molecule has 0 radical (unpaired) electrons. The van der Waals surface area contributed by atoms with Gasteiger partial charge in [0.05, 0.1) is 19.4 Å². The Morgan fingerprint density at radius 1 is 1.16 bits per heavy atom. The molecule has 2 rings (SSSR count). The third-order valence-corrected chi connectivity index (χ3v) is 4.64. The van der Waals surface area contributed by atoms with Crippen LogP contribution in [-0.4, -0.2) is 74.9 Å². The number of hydrogen-bond donors (Lipinski definition) is 2. The van der Waals surface area contributed by atoms with Crippen molar-refractivity contribution in [1.82, 2.24) is 15.6 Å². The number of hydrazone groups is 1. The zero-order chi connectivity index (χ0) is 23.3. The fourth-order valence-electron chi connectivity index (χ4n) is 2.97. The van der Waals surface area contributed by atoms with Gasteiger partial charge in [0.2, 0.25) is 0 Å². The van der Waals surface area contributed by atoms with Crippen molar-refractivity contribution >= 4 is 23.9 Å². The maximum atomic E-state index is 12.1. The summed E-state index contributed by atoms with van der Waals surface area (Å²) in [5.74, 6) is -0.824. The number of ether oxygens (including phenoxy) is 3. The summed E-state index contributed by atoms with van der Waals surface area (Å²) in [6, 6.07) is 5.01. The molecule has 0 saturated carbocycles. The second-order valence-electron chi connectivity index (χ2n) is 7.51. The molecule has 1 aliphatic rings. The largest absolute Gasteiger partial charge is 0.493 e. The number of hydrogen-bond acceptors (Lipinski definition) is 7. The van der Waals surface area contributed by atoms with E-state index in [4.69, 9.17) is 14.2 Å². The van der Waals surface area contributed by atoms with Gasteiger partial charge in [0, 0.05) is 26.2 Å². The van der Waals surface area contributed by atoms with Crippen molar-refractivity contribution in [3.8, 4) is 11.5 Å². The van der Waals surface area contributed by atoms with E-state index in [-0.39, 0.29) is 18.6 Å². The second kappa shape index (κ2) is 13.3. The van der Waals surface area contributed by atoms with Crippen LogP contribution in [0, 0.1) is 0 Å². The zero-order valence-corrected chi connectivity index (χ0v) is 18.9. The highest BCUT2D eigenvalue weighted by Gasteiger charge is 2.19. The zero-order valence-electron chi connectivity index (χ0n) is 18.9. The Morgan fingerprint density at radius 2 is 1.91 bits per heavy atom. The van der Waals surface area contributed by atoms with Crippen LogP contribution in [0.5, 0.6) is 11.5 Å². The Balaban J connectivity index is 1.78. The SMILES string of the molecule is COc1cc(/C=N\NC(=O)C(=O)NCCCOC(C)C)ccc1OCC(=O)N1CCCC1. The van der Waals surface area contributed by atoms with Gasteiger partial charge in [-0.15, -0.1) is 0 Å². The van der Waals surface area contributed by atoms with Crippen molar-refractivity contribution in [3.05, 3.63) is 23.8 Å². The topological polar surface area (TPSA) is 119 Å². The average molecular weight is 449 g/mol. The van der Waals surface area contributed by atoms with Crippen molar-refractivity contribution in [2.45, 2.75) is 39.2 Å². The van der Waals surface area contributed by atoms with Crippen LogP contribution in [0.15, 0.2) is 23.3 Å². The van der Waals surface area contributed by atoms with E-state index in [1.165, 1.54) is 13.3 Å². The predicted molar refractivity (Wildman–Crippen MR) is 119 cm³/mol. The lowest BCUT2D eigenvalue weighted by molar-refractivity contribution is -0.139. The quantitative estimate of drug-likeness (QED) is 0.226. The normalized spacial score (nSPS) is 13.4. The minimum absolute atomic E-state index is 0.0522. The molecule has 0 spiro atoms. The number of benzene rings is 1. The standard InChI is InChI=1S/C22H32N4O6/c1-16(2)31-12-6-9-23-21(28)22(29)25-24-14-17-7-8-18(19(13-17)30-3)32-15-20(27)26-10-4-5-11-26/h7-8,13-14,16H,4-6,9-12,15H2,1-3H3,(H,23,28)(H,25,29)/b24-14-. The highest BCUT2D eigenvalue weighted by Crippen LogP contribution is 2.27. The Kier molecular flexibility index (Phi) is 10.5. The lowest BCUT2D eigenvalue weighted by Crippen LogP contribution is -2.38. The molecule has 1 fully saturated rings. The summed E-state index contributed by atoms with van der Waals surface area (Å²) < 4.78 is 16.3. The summed E-state index contributed by atoms with van der Waals surface area (Å²) in [6.45, 7) is 6.18. The summed E-state index contributed by atoms with van der Waals surface area (Å²) in [5, 5.41) is 6.30. The molecule has 1 aromatic carbocycles. The number of carbonyl (C=O) groups excluding carboxylic acids is 3. The van der Waals surface area contributed by atoms with Crippen LogP contribution in [-0.2, 0) is 19.1 Å². The smallest absolute Gasteiger partial charge is 0.329 e. The molecular weight excluding hydrogens is 416 g/mol. The van der Waals surface area contributed by atoms with Crippen LogP contribution in [0.3, 0.4) is 0 Å². The van der Waals surface area contributed by atoms with Crippen LogP contribution >= 0.6 is 0 Å². The van der Waals surface area contributed by atoms with Crippen LogP contribution in [0.4, 0.5) is 0 Å². The molecule has 0 atom stereocenters. The summed E-state index contributed by atoms with van der Waals surface area (Å²) in [7, 11) is 1.49. The maximum absolute atomic E-state index is 12.1. The Morgan fingerprint density at radius 3 is 2.59 bits per heavy atom. The number of likely N-dealkylation sites (tertiary alicyclic amines) is 1. The van der Waals surface area contributed by atoms with Gasteiger partial charge in [-0.3, -0.25) is 14.4 Å². The molecule has 10 nitrogen and oxygen atoms in total. The van der Waals surface area contributed by atoms with Crippen LogP contribution in [0.1, 0.15) is 38.7 Å². The molecule has 0 aliphatic carbocycles. The molecule has 1 aromatic rings. The Bertz CT molecular complexity index is 806. The first-order valence-corrected chi connectivity index (χ1v) is 10.7. The number of rotatable bonds is 11. The van der Waals surface area contributed by atoms with Crippen molar-refractivity contribution in [1.29, 1.82) is 0 Å². The number of amides is 3. The molecule has 1 heterocycles. The number of nitrogens with zero attached hydrogens (tertiary/aromatic N) is 2. The van der Waals surface area contributed by atoms with Gasteiger partial charge in [-0.05, 0) is 56.9 Å². The van der Waals surface area contributed by atoms with Gasteiger partial charge in [0.1, 0.15) is 0 Å². The molecule has 10 heteroatoms. The molecule has 0 bridgehead atoms. The maximum Gasteiger partial charge on any atom is 0.329 e. The molecule has 3 amide bonds. The number of nitrogens with one attached hydrogen (secondary N) is 2. The fraction of sp³-hybridized carbons (Fsp3) is 0.545. The van der Waals surface area contributed by atoms with E-state index < -0.39 is 11.8 Å². The van der Waals surface area contributed by atoms with Crippen molar-refractivity contribution in [3.63, 3.8) is 0 Å². The highest BCUT2D eigenvalue weighted by molar-refractivity contribution is 6.35. The lowest BCUT2D eigenvalue weighted by atomic mass is 10.2. The average Bonchev–Trinajstić information content (AvgIpc) is 3.32. The van der Waals surface area contributed by atoms with Crippen molar-refractivity contribution in [2.24, 2.45) is 5.10 Å². The Labute approximate surface area is 188 Å². The first-order chi connectivity index (χ1) is 15.4. The molecule has 0 unspecified atom stereocenters. The molecule has 176 valence electrons. The molecule has 32 heavy (non-hydrogen) atoms. The third kappa shape index (κ3) is 8.54. The van der Waals surface area contributed by atoms with Crippen molar-refractivity contribution < 1.29 is 28.6 Å². The summed E-state index contributed by atoms with van der Waals surface area (Å²) in [6.07, 6.45) is 4.16. The van der Waals surface area contributed by atoms with Gasteiger partial charge in [-0.2, -0.15) is 5.10 Å². The summed E-state index contributed by atoms with van der Waals surface area (Å²) >= 11 is 0. The molecular formula is C22H32N4O6. The van der Waals surface area contributed by atoms with Crippen LogP contribution < -0.4 is 20.2 Å². The van der Waals surface area contributed by atoms with Gasteiger partial charge in [0.25, 0.3) is 5.91 Å². The molecule has 1 aliphatic heterocycles. The minimum Gasteiger partial charge on any atom is -0.493 e. The van der Waals surface area contributed by atoms with Gasteiger partial charge in [-0.25, -0.2) is 5.43 Å². The lowest BCUT2D eigenvalue weighted by Gasteiger charge is -2.16. The van der Waals surface area contributed by atoms with E-state index >= 15 is 0 Å². The van der Waals surface area contributed by atoms with Crippen LogP contribution in [0.25, 0.3) is 0 Å². The summed E-state index contributed by atoms with van der Waals surface area (Å²) in [4.78, 5) is 37.5. The van der Waals surface area contributed by atoms with Gasteiger partial charge >= 0.3 is 11.8 Å². The Hall–Kier alpha value is -3.14. The minimum atomic E-state index is -0.863. The fourth-order valence-corrected chi connectivity index (χ4v) is 2.97. The van der Waals surface area contributed by atoms with E-state index in [2.05, 4.69) is 15.8 Å². The van der Waals surface area contributed by atoms with E-state index in [1.807, 2.05) is 13.8 Å². The first-order valence-electron chi connectivity index (χ1n) is 10.7. The van der Waals surface area contributed by atoms with Crippen molar-refractivity contribution in [2.75, 3.05) is 40.0 Å². The van der Waals surface area contributed by atoms with E-state index in [9.17, 15) is 14.4 Å². The van der Waals surface area contributed by atoms with Gasteiger partial charge in [-0.1, -0.05) is 0 Å². The third-order valence-electron chi connectivity index (χ3n) is 4.64.